The number of aromatic nitrogens is 2. The molecule has 0 radical (unpaired) electrons. The largest absolute Gasteiger partial charge is 0.478 e. The van der Waals surface area contributed by atoms with Crippen molar-refractivity contribution in [3.05, 3.63) is 84.4 Å². The Bertz CT molecular complexity index is 1060. The van der Waals surface area contributed by atoms with Crippen molar-refractivity contribution in [3.63, 3.8) is 0 Å². The summed E-state index contributed by atoms with van der Waals surface area (Å²) < 4.78 is 11.1. The van der Waals surface area contributed by atoms with Gasteiger partial charge in [-0.2, -0.15) is 4.98 Å². The summed E-state index contributed by atoms with van der Waals surface area (Å²) in [5.41, 5.74) is 1.65. The number of benzene rings is 3. The molecule has 0 unspecified atom stereocenters. The molecule has 1 heterocycles. The van der Waals surface area contributed by atoms with Crippen molar-refractivity contribution in [2.75, 3.05) is 0 Å². The lowest BCUT2D eigenvalue weighted by atomic mass is 10.1. The third-order valence-electron chi connectivity index (χ3n) is 3.90. The van der Waals surface area contributed by atoms with Crippen LogP contribution in [0.2, 0.25) is 0 Å². The Kier molecular flexibility index (Phi) is 4.37. The van der Waals surface area contributed by atoms with E-state index < -0.39 is 5.97 Å². The Morgan fingerprint density at radius 1 is 0.815 bits per heavy atom. The van der Waals surface area contributed by atoms with Crippen LogP contribution in [0.4, 0.5) is 0 Å². The molecule has 6 heteroatoms. The van der Waals surface area contributed by atoms with Crippen LogP contribution in [0.5, 0.6) is 11.5 Å². The number of rotatable bonds is 5. The van der Waals surface area contributed by atoms with E-state index in [1.165, 1.54) is 12.1 Å². The van der Waals surface area contributed by atoms with E-state index in [2.05, 4.69) is 10.1 Å². The van der Waals surface area contributed by atoms with E-state index in [-0.39, 0.29) is 5.56 Å². The summed E-state index contributed by atoms with van der Waals surface area (Å²) >= 11 is 0. The maximum atomic E-state index is 10.9. The Morgan fingerprint density at radius 2 is 1.44 bits per heavy atom. The van der Waals surface area contributed by atoms with Crippen LogP contribution < -0.4 is 4.74 Å². The standard InChI is InChI=1S/C21H14N2O4/c24-21(25)16-8-6-14(7-9-16)19-22-20(27-23-19)15-10-12-18(13-11-15)26-17-4-2-1-3-5-17/h1-13H,(H,24,25). The number of aromatic carboxylic acids is 1. The first-order valence-electron chi connectivity index (χ1n) is 8.20. The molecular weight excluding hydrogens is 344 g/mol. The number of nitrogens with zero attached hydrogens (tertiary/aromatic N) is 2. The average Bonchev–Trinajstić information content (AvgIpc) is 3.20. The van der Waals surface area contributed by atoms with Gasteiger partial charge in [0.15, 0.2) is 0 Å². The fraction of sp³-hybridized carbons (Fsp3) is 0. The fourth-order valence-electron chi connectivity index (χ4n) is 2.51. The molecule has 0 fully saturated rings. The van der Waals surface area contributed by atoms with Crippen molar-refractivity contribution in [3.8, 4) is 34.3 Å². The average molecular weight is 358 g/mol. The van der Waals surface area contributed by atoms with Gasteiger partial charge in [0, 0.05) is 11.1 Å². The van der Waals surface area contributed by atoms with Crippen LogP contribution in [-0.4, -0.2) is 21.2 Å². The maximum absolute atomic E-state index is 10.9. The number of hydrogen-bond acceptors (Lipinski definition) is 5. The van der Waals surface area contributed by atoms with Crippen molar-refractivity contribution < 1.29 is 19.2 Å². The molecule has 6 nitrogen and oxygen atoms in total. The van der Waals surface area contributed by atoms with Gasteiger partial charge in [0.25, 0.3) is 5.89 Å². The number of para-hydroxylation sites is 1. The summed E-state index contributed by atoms with van der Waals surface area (Å²) in [5, 5.41) is 12.9. The predicted molar refractivity (Wildman–Crippen MR) is 98.6 cm³/mol. The van der Waals surface area contributed by atoms with Crippen molar-refractivity contribution in [2.24, 2.45) is 0 Å². The van der Waals surface area contributed by atoms with E-state index in [1.807, 2.05) is 54.6 Å². The molecule has 0 atom stereocenters. The minimum Gasteiger partial charge on any atom is -0.478 e. The van der Waals surface area contributed by atoms with Crippen molar-refractivity contribution in [2.45, 2.75) is 0 Å². The lowest BCUT2D eigenvalue weighted by Gasteiger charge is -2.05. The van der Waals surface area contributed by atoms with Gasteiger partial charge in [0.1, 0.15) is 11.5 Å². The number of carboxylic acids is 1. The van der Waals surface area contributed by atoms with E-state index in [0.717, 1.165) is 11.3 Å². The SMILES string of the molecule is O=C(O)c1ccc(-c2noc(-c3ccc(Oc4ccccc4)cc3)n2)cc1. The first-order valence-corrected chi connectivity index (χ1v) is 8.20. The summed E-state index contributed by atoms with van der Waals surface area (Å²) in [4.78, 5) is 15.3. The fourth-order valence-corrected chi connectivity index (χ4v) is 2.51. The zero-order chi connectivity index (χ0) is 18.6. The summed E-state index contributed by atoms with van der Waals surface area (Å²) in [6.45, 7) is 0. The van der Waals surface area contributed by atoms with Gasteiger partial charge in [0.05, 0.1) is 5.56 Å². The normalized spacial score (nSPS) is 10.5. The van der Waals surface area contributed by atoms with Crippen LogP contribution in [0.25, 0.3) is 22.8 Å². The molecule has 4 aromatic rings. The topological polar surface area (TPSA) is 85.5 Å². The maximum Gasteiger partial charge on any atom is 0.335 e. The quantitative estimate of drug-likeness (QED) is 0.546. The number of hydrogen-bond donors (Lipinski definition) is 1. The van der Waals surface area contributed by atoms with Crippen molar-refractivity contribution >= 4 is 5.97 Å². The highest BCUT2D eigenvalue weighted by molar-refractivity contribution is 5.88. The Balaban J connectivity index is 1.52. The highest BCUT2D eigenvalue weighted by Crippen LogP contribution is 2.26. The summed E-state index contributed by atoms with van der Waals surface area (Å²) in [6.07, 6.45) is 0. The monoisotopic (exact) mass is 358 g/mol. The van der Waals surface area contributed by atoms with E-state index in [4.69, 9.17) is 14.4 Å². The zero-order valence-electron chi connectivity index (χ0n) is 14.1. The molecule has 4 rings (SSSR count). The third-order valence-corrected chi connectivity index (χ3v) is 3.90. The zero-order valence-corrected chi connectivity index (χ0v) is 14.1. The van der Waals surface area contributed by atoms with E-state index in [9.17, 15) is 4.79 Å². The second kappa shape index (κ2) is 7.13. The van der Waals surface area contributed by atoms with E-state index >= 15 is 0 Å². The van der Waals surface area contributed by atoms with Crippen LogP contribution in [-0.2, 0) is 0 Å². The molecule has 0 bridgehead atoms. The van der Waals surface area contributed by atoms with Gasteiger partial charge in [-0.1, -0.05) is 35.5 Å². The molecule has 3 aromatic carbocycles. The van der Waals surface area contributed by atoms with E-state index in [1.54, 1.807) is 12.1 Å². The van der Waals surface area contributed by atoms with Gasteiger partial charge >= 0.3 is 5.97 Å². The van der Waals surface area contributed by atoms with Crippen molar-refractivity contribution in [1.29, 1.82) is 0 Å². The highest BCUT2D eigenvalue weighted by atomic mass is 16.5. The van der Waals surface area contributed by atoms with Crippen LogP contribution in [0.1, 0.15) is 10.4 Å². The second-order valence-electron chi connectivity index (χ2n) is 5.75. The Morgan fingerprint density at radius 3 is 2.11 bits per heavy atom. The molecule has 27 heavy (non-hydrogen) atoms. The van der Waals surface area contributed by atoms with Crippen LogP contribution in [0.3, 0.4) is 0 Å². The Hall–Kier alpha value is -3.93. The van der Waals surface area contributed by atoms with E-state index in [0.29, 0.717) is 23.0 Å². The molecular formula is C21H14N2O4. The van der Waals surface area contributed by atoms with Crippen LogP contribution in [0.15, 0.2) is 83.4 Å². The second-order valence-corrected chi connectivity index (χ2v) is 5.75. The molecule has 0 aliphatic carbocycles. The molecule has 0 amide bonds. The van der Waals surface area contributed by atoms with Crippen LogP contribution >= 0.6 is 0 Å². The van der Waals surface area contributed by atoms with Gasteiger partial charge in [-0.3, -0.25) is 0 Å². The van der Waals surface area contributed by atoms with Gasteiger partial charge in [-0.15, -0.1) is 0 Å². The molecule has 0 saturated heterocycles. The van der Waals surface area contributed by atoms with Gasteiger partial charge in [-0.25, -0.2) is 4.79 Å². The number of ether oxygens (including phenoxy) is 1. The first kappa shape index (κ1) is 16.5. The molecule has 0 spiro atoms. The smallest absolute Gasteiger partial charge is 0.335 e. The summed E-state index contributed by atoms with van der Waals surface area (Å²) in [7, 11) is 0. The number of carboxylic acid groups (broad SMARTS) is 1. The first-order chi connectivity index (χ1) is 13.2. The molecule has 0 aliphatic rings. The molecule has 0 saturated carbocycles. The van der Waals surface area contributed by atoms with Crippen LogP contribution in [0, 0.1) is 0 Å². The van der Waals surface area contributed by atoms with Gasteiger partial charge < -0.3 is 14.4 Å². The van der Waals surface area contributed by atoms with Crippen molar-refractivity contribution in [1.82, 2.24) is 10.1 Å². The molecule has 0 aliphatic heterocycles. The molecule has 1 N–H and O–H groups in total. The third kappa shape index (κ3) is 3.69. The molecule has 1 aromatic heterocycles. The molecule has 132 valence electrons. The number of carbonyl (C=O) groups is 1. The predicted octanol–water partition coefficient (Wildman–Crippen LogP) is 4.89. The summed E-state index contributed by atoms with van der Waals surface area (Å²) in [5.74, 6) is 1.25. The van der Waals surface area contributed by atoms with Gasteiger partial charge in [-0.05, 0) is 48.5 Å². The highest BCUT2D eigenvalue weighted by Gasteiger charge is 2.12. The van der Waals surface area contributed by atoms with Gasteiger partial charge in [0.2, 0.25) is 5.82 Å². The minimum atomic E-state index is -0.979. The Labute approximate surface area is 154 Å². The minimum absolute atomic E-state index is 0.205. The lowest BCUT2D eigenvalue weighted by Crippen LogP contribution is -1.95. The lowest BCUT2D eigenvalue weighted by molar-refractivity contribution is 0.0697. The summed E-state index contributed by atoms with van der Waals surface area (Å²) in [6, 6.07) is 23.1.